The molecule has 7 nitrogen and oxygen atoms in total. The zero-order valence-corrected chi connectivity index (χ0v) is 19.9. The van der Waals surface area contributed by atoms with Crippen LogP contribution < -0.4 is 10.9 Å². The minimum absolute atomic E-state index is 0.0723. The quantitative estimate of drug-likeness (QED) is 0.366. The zero-order chi connectivity index (χ0) is 24.4. The maximum absolute atomic E-state index is 13.3. The Morgan fingerprint density at radius 2 is 1.69 bits per heavy atom. The normalized spacial score (nSPS) is 12.2. The number of carbonyl (C=O) groups is 1. The lowest BCUT2D eigenvalue weighted by molar-refractivity contribution is -0.121. The summed E-state index contributed by atoms with van der Waals surface area (Å²) in [5.41, 5.74) is 2.55. The SMILES string of the molecule is C[C@@H](NC(=O)CCc1nnc2n(Cc3ccc(Cl)cc3)c(=O)c3ccccc3n12)c1ccccc1. The Morgan fingerprint density at radius 1 is 0.971 bits per heavy atom. The number of hydrogen-bond acceptors (Lipinski definition) is 4. The molecule has 2 aromatic heterocycles. The average molecular weight is 486 g/mol. The predicted octanol–water partition coefficient (Wildman–Crippen LogP) is 4.56. The van der Waals surface area contributed by atoms with E-state index in [-0.39, 0.29) is 23.9 Å². The molecule has 0 unspecified atom stereocenters. The van der Waals surface area contributed by atoms with E-state index in [2.05, 4.69) is 15.5 Å². The summed E-state index contributed by atoms with van der Waals surface area (Å²) in [6, 6.07) is 24.5. The lowest BCUT2D eigenvalue weighted by atomic mass is 10.1. The summed E-state index contributed by atoms with van der Waals surface area (Å²) in [6.07, 6.45) is 0.639. The van der Waals surface area contributed by atoms with Gasteiger partial charge in [0, 0.05) is 17.9 Å². The third-order valence-electron chi connectivity index (χ3n) is 6.08. The van der Waals surface area contributed by atoms with Crippen LogP contribution in [0.15, 0.2) is 83.7 Å². The van der Waals surface area contributed by atoms with Crippen molar-refractivity contribution in [1.82, 2.24) is 24.5 Å². The van der Waals surface area contributed by atoms with Crippen molar-refractivity contribution in [3.8, 4) is 0 Å². The summed E-state index contributed by atoms with van der Waals surface area (Å²) in [4.78, 5) is 26.0. The Labute approximate surface area is 207 Å². The highest BCUT2D eigenvalue weighted by Crippen LogP contribution is 2.18. The fraction of sp³-hybridized carbons (Fsp3) is 0.185. The summed E-state index contributed by atoms with van der Waals surface area (Å²) in [5, 5.41) is 13.0. The van der Waals surface area contributed by atoms with Crippen LogP contribution >= 0.6 is 11.6 Å². The molecule has 3 aromatic carbocycles. The molecule has 0 aliphatic heterocycles. The number of hydrogen-bond donors (Lipinski definition) is 1. The van der Waals surface area contributed by atoms with E-state index in [1.165, 1.54) is 0 Å². The number of nitrogens with zero attached hydrogens (tertiary/aromatic N) is 4. The van der Waals surface area contributed by atoms with Crippen LogP contribution in [-0.4, -0.2) is 25.1 Å². The van der Waals surface area contributed by atoms with Gasteiger partial charge in [-0.2, -0.15) is 0 Å². The van der Waals surface area contributed by atoms with E-state index >= 15 is 0 Å². The Bertz CT molecular complexity index is 1560. The molecule has 2 heterocycles. The number of carbonyl (C=O) groups excluding carboxylic acids is 1. The second kappa shape index (κ2) is 9.72. The van der Waals surface area contributed by atoms with Gasteiger partial charge in [-0.15, -0.1) is 10.2 Å². The monoisotopic (exact) mass is 485 g/mol. The van der Waals surface area contributed by atoms with Gasteiger partial charge in [-0.3, -0.25) is 18.6 Å². The maximum Gasteiger partial charge on any atom is 0.263 e. The molecule has 0 radical (unpaired) electrons. The zero-order valence-electron chi connectivity index (χ0n) is 19.2. The van der Waals surface area contributed by atoms with Crippen molar-refractivity contribution in [2.45, 2.75) is 32.4 Å². The molecule has 0 saturated heterocycles. The highest BCUT2D eigenvalue weighted by atomic mass is 35.5. The van der Waals surface area contributed by atoms with Gasteiger partial charge in [0.1, 0.15) is 5.82 Å². The summed E-state index contributed by atoms with van der Waals surface area (Å²) in [5.74, 6) is 0.997. The van der Waals surface area contributed by atoms with Crippen LogP contribution in [0.4, 0.5) is 0 Å². The van der Waals surface area contributed by atoms with Crippen LogP contribution in [0.3, 0.4) is 0 Å². The van der Waals surface area contributed by atoms with Gasteiger partial charge in [-0.25, -0.2) is 0 Å². The Hall–Kier alpha value is -3.97. The third-order valence-corrected chi connectivity index (χ3v) is 6.33. The number of aryl methyl sites for hydroxylation is 1. The molecule has 0 bridgehead atoms. The van der Waals surface area contributed by atoms with Crippen molar-refractivity contribution in [2.24, 2.45) is 0 Å². The molecular formula is C27H24ClN5O2. The van der Waals surface area contributed by atoms with Crippen LogP contribution in [0.25, 0.3) is 16.7 Å². The van der Waals surface area contributed by atoms with Crippen molar-refractivity contribution in [3.05, 3.63) is 111 Å². The van der Waals surface area contributed by atoms with Gasteiger partial charge >= 0.3 is 0 Å². The number of rotatable bonds is 7. The van der Waals surface area contributed by atoms with Crippen molar-refractivity contribution >= 4 is 34.2 Å². The molecule has 0 aliphatic carbocycles. The van der Waals surface area contributed by atoms with Gasteiger partial charge in [-0.1, -0.05) is 66.2 Å². The number of fused-ring (bicyclic) bond motifs is 3. The smallest absolute Gasteiger partial charge is 0.263 e. The lowest BCUT2D eigenvalue weighted by Crippen LogP contribution is -2.27. The number of para-hydroxylation sites is 1. The summed E-state index contributed by atoms with van der Waals surface area (Å²) >= 11 is 6.02. The molecule has 0 saturated carbocycles. The van der Waals surface area contributed by atoms with E-state index in [9.17, 15) is 9.59 Å². The Balaban J connectivity index is 1.45. The van der Waals surface area contributed by atoms with E-state index in [4.69, 9.17) is 11.6 Å². The van der Waals surface area contributed by atoms with Crippen LogP contribution in [-0.2, 0) is 17.8 Å². The Morgan fingerprint density at radius 3 is 2.46 bits per heavy atom. The summed E-state index contributed by atoms with van der Waals surface area (Å²) < 4.78 is 3.49. The maximum atomic E-state index is 13.3. The van der Waals surface area contributed by atoms with Crippen molar-refractivity contribution in [1.29, 1.82) is 0 Å². The number of aromatic nitrogens is 4. The topological polar surface area (TPSA) is 81.3 Å². The van der Waals surface area contributed by atoms with Gasteiger partial charge in [-0.05, 0) is 42.3 Å². The van der Waals surface area contributed by atoms with E-state index in [0.717, 1.165) is 16.6 Å². The largest absolute Gasteiger partial charge is 0.350 e. The van der Waals surface area contributed by atoms with Crippen LogP contribution in [0.2, 0.25) is 5.02 Å². The van der Waals surface area contributed by atoms with Crippen molar-refractivity contribution < 1.29 is 4.79 Å². The first kappa shape index (κ1) is 22.8. The molecule has 1 atom stereocenters. The molecule has 0 spiro atoms. The number of nitrogens with one attached hydrogen (secondary N) is 1. The Kier molecular flexibility index (Phi) is 6.33. The van der Waals surface area contributed by atoms with Gasteiger partial charge in [0.15, 0.2) is 0 Å². The molecule has 5 aromatic rings. The summed E-state index contributed by atoms with van der Waals surface area (Å²) in [6.45, 7) is 2.29. The van der Waals surface area contributed by atoms with E-state index < -0.39 is 0 Å². The number of amides is 1. The number of benzene rings is 3. The molecule has 176 valence electrons. The van der Waals surface area contributed by atoms with Crippen molar-refractivity contribution in [2.75, 3.05) is 0 Å². The van der Waals surface area contributed by atoms with Gasteiger partial charge in [0.2, 0.25) is 11.7 Å². The molecule has 1 N–H and O–H groups in total. The first-order chi connectivity index (χ1) is 17.0. The molecule has 35 heavy (non-hydrogen) atoms. The average Bonchev–Trinajstić information content (AvgIpc) is 3.31. The highest BCUT2D eigenvalue weighted by Gasteiger charge is 2.18. The van der Waals surface area contributed by atoms with Crippen LogP contribution in [0, 0.1) is 0 Å². The minimum Gasteiger partial charge on any atom is -0.350 e. The highest BCUT2D eigenvalue weighted by molar-refractivity contribution is 6.30. The lowest BCUT2D eigenvalue weighted by Gasteiger charge is -2.14. The minimum atomic E-state index is -0.142. The predicted molar refractivity (Wildman–Crippen MR) is 137 cm³/mol. The van der Waals surface area contributed by atoms with Crippen LogP contribution in [0.1, 0.15) is 36.3 Å². The van der Waals surface area contributed by atoms with Gasteiger partial charge in [0.05, 0.1) is 23.5 Å². The molecule has 8 heteroatoms. The number of halogens is 1. The molecular weight excluding hydrogens is 462 g/mol. The third kappa shape index (κ3) is 4.68. The first-order valence-corrected chi connectivity index (χ1v) is 11.8. The van der Waals surface area contributed by atoms with Crippen molar-refractivity contribution in [3.63, 3.8) is 0 Å². The summed E-state index contributed by atoms with van der Waals surface area (Å²) in [7, 11) is 0. The van der Waals surface area contributed by atoms with Crippen LogP contribution in [0.5, 0.6) is 0 Å². The van der Waals surface area contributed by atoms with E-state index in [0.29, 0.717) is 35.0 Å². The second-order valence-corrected chi connectivity index (χ2v) is 8.92. The molecule has 0 fully saturated rings. The first-order valence-electron chi connectivity index (χ1n) is 11.5. The standard InChI is InChI=1S/C27H24ClN5O2/c1-18(20-7-3-2-4-8-20)29-25(34)16-15-24-30-31-27-32(17-19-11-13-21(28)14-12-19)26(35)22-9-5-6-10-23(22)33(24)27/h2-14,18H,15-17H2,1H3,(H,29,34)/t18-/m1/s1. The molecule has 0 aliphatic rings. The van der Waals surface area contributed by atoms with E-state index in [1.54, 1.807) is 22.8 Å². The fourth-order valence-electron chi connectivity index (χ4n) is 4.26. The van der Waals surface area contributed by atoms with Gasteiger partial charge in [0.25, 0.3) is 5.56 Å². The molecule has 1 amide bonds. The fourth-order valence-corrected chi connectivity index (χ4v) is 4.38. The molecule has 5 rings (SSSR count). The second-order valence-electron chi connectivity index (χ2n) is 8.49. The van der Waals surface area contributed by atoms with E-state index in [1.807, 2.05) is 72.0 Å². The van der Waals surface area contributed by atoms with Gasteiger partial charge < -0.3 is 5.32 Å².